The van der Waals surface area contributed by atoms with Gasteiger partial charge in [0.05, 0.1) is 6.04 Å². The number of nitrogens with one attached hydrogen (secondary N) is 1. The van der Waals surface area contributed by atoms with Crippen molar-refractivity contribution in [3.8, 4) is 0 Å². The summed E-state index contributed by atoms with van der Waals surface area (Å²) in [4.78, 5) is 30.4. The molecule has 0 spiro atoms. The summed E-state index contributed by atoms with van der Waals surface area (Å²) < 4.78 is 0. The van der Waals surface area contributed by atoms with Crippen LogP contribution in [0.2, 0.25) is 0 Å². The molecule has 2 amide bonds. The third kappa shape index (κ3) is 4.03. The molecule has 6 heteroatoms. The number of benzene rings is 1. The third-order valence-electron chi connectivity index (χ3n) is 4.45. The average molecular weight is 338 g/mol. The zero-order chi connectivity index (χ0) is 17.8. The van der Waals surface area contributed by atoms with Crippen LogP contribution < -0.4 is 11.1 Å². The van der Waals surface area contributed by atoms with Crippen molar-refractivity contribution in [2.24, 2.45) is 5.73 Å². The van der Waals surface area contributed by atoms with E-state index in [1.807, 2.05) is 43.3 Å². The molecule has 0 bridgehead atoms. The second kappa shape index (κ2) is 7.44. The molecule has 25 heavy (non-hydrogen) atoms. The van der Waals surface area contributed by atoms with Gasteiger partial charge in [0, 0.05) is 17.9 Å². The van der Waals surface area contributed by atoms with Crippen LogP contribution in [0.25, 0.3) is 0 Å². The maximum atomic E-state index is 12.5. The Bertz CT molecular complexity index is 790. The van der Waals surface area contributed by atoms with Crippen LogP contribution in [0.1, 0.15) is 34.6 Å². The van der Waals surface area contributed by atoms with E-state index in [9.17, 15) is 9.59 Å². The summed E-state index contributed by atoms with van der Waals surface area (Å²) >= 11 is 0. The lowest BCUT2D eigenvalue weighted by Gasteiger charge is -2.23. The van der Waals surface area contributed by atoms with Gasteiger partial charge in [0.25, 0.3) is 5.91 Å². The number of hydrogen-bond donors (Lipinski definition) is 2. The number of likely N-dealkylation sites (tertiary alicyclic amines) is 1. The predicted molar refractivity (Wildman–Crippen MR) is 96.0 cm³/mol. The smallest absolute Gasteiger partial charge is 0.274 e. The van der Waals surface area contributed by atoms with E-state index in [4.69, 9.17) is 5.73 Å². The van der Waals surface area contributed by atoms with Crippen molar-refractivity contribution < 1.29 is 9.59 Å². The van der Waals surface area contributed by atoms with Gasteiger partial charge in [-0.05, 0) is 50.1 Å². The molecular formula is C19H22N4O2. The molecular weight excluding hydrogens is 316 g/mol. The normalized spacial score (nSPS) is 17.4. The molecule has 2 aromatic rings. The number of nitrogens with two attached hydrogens (primary N) is 1. The molecule has 1 atom stereocenters. The molecule has 0 unspecified atom stereocenters. The maximum absolute atomic E-state index is 12.5. The summed E-state index contributed by atoms with van der Waals surface area (Å²) in [6.45, 7) is 3.25. The highest BCUT2D eigenvalue weighted by molar-refractivity contribution is 6.03. The van der Waals surface area contributed by atoms with E-state index in [0.29, 0.717) is 12.2 Å². The number of nitrogens with zero attached hydrogens (tertiary/aromatic N) is 2. The minimum absolute atomic E-state index is 0.234. The summed E-state index contributed by atoms with van der Waals surface area (Å²) in [6.07, 6.45) is 1.74. The van der Waals surface area contributed by atoms with Gasteiger partial charge in [-0.1, -0.05) is 24.3 Å². The first-order chi connectivity index (χ1) is 12.0. The number of aromatic nitrogens is 1. The Morgan fingerprint density at radius 3 is 2.80 bits per heavy atom. The van der Waals surface area contributed by atoms with E-state index in [0.717, 1.165) is 36.3 Å². The molecule has 1 aromatic carbocycles. The second-order valence-corrected chi connectivity index (χ2v) is 6.31. The van der Waals surface area contributed by atoms with Crippen molar-refractivity contribution in [3.05, 3.63) is 59.4 Å². The fourth-order valence-electron chi connectivity index (χ4n) is 3.19. The van der Waals surface area contributed by atoms with Crippen LogP contribution in [0.3, 0.4) is 0 Å². The van der Waals surface area contributed by atoms with Crippen molar-refractivity contribution in [1.29, 1.82) is 0 Å². The minimum atomic E-state index is -0.289. The van der Waals surface area contributed by atoms with Gasteiger partial charge in [-0.15, -0.1) is 0 Å². The fourth-order valence-corrected chi connectivity index (χ4v) is 3.19. The van der Waals surface area contributed by atoms with Crippen molar-refractivity contribution in [2.45, 2.75) is 32.4 Å². The van der Waals surface area contributed by atoms with Crippen LogP contribution in [0.5, 0.6) is 0 Å². The Hall–Kier alpha value is -2.73. The molecule has 0 saturated carbocycles. The summed E-state index contributed by atoms with van der Waals surface area (Å²) in [7, 11) is 0. The van der Waals surface area contributed by atoms with Gasteiger partial charge < -0.3 is 11.1 Å². The van der Waals surface area contributed by atoms with Gasteiger partial charge in [-0.25, -0.2) is 4.98 Å². The molecule has 0 aliphatic carbocycles. The number of rotatable bonds is 5. The Morgan fingerprint density at radius 2 is 2.04 bits per heavy atom. The van der Waals surface area contributed by atoms with Gasteiger partial charge in [0.1, 0.15) is 5.69 Å². The lowest BCUT2D eigenvalue weighted by Crippen LogP contribution is -2.39. The molecule has 3 rings (SSSR count). The van der Waals surface area contributed by atoms with E-state index in [2.05, 4.69) is 15.2 Å². The molecule has 1 fully saturated rings. The molecule has 3 N–H and O–H groups in total. The Morgan fingerprint density at radius 1 is 1.24 bits per heavy atom. The SMILES string of the molecule is Cc1cccc(C(=O)Nc2ccccc2CN2CCC[C@@H]2C(N)=O)n1. The maximum Gasteiger partial charge on any atom is 0.274 e. The monoisotopic (exact) mass is 338 g/mol. The van der Waals surface area contributed by atoms with Gasteiger partial charge in [-0.2, -0.15) is 0 Å². The largest absolute Gasteiger partial charge is 0.368 e. The number of aryl methyl sites for hydroxylation is 1. The van der Waals surface area contributed by atoms with Crippen LogP contribution >= 0.6 is 0 Å². The Kier molecular flexibility index (Phi) is 5.09. The van der Waals surface area contributed by atoms with E-state index in [1.165, 1.54) is 0 Å². The minimum Gasteiger partial charge on any atom is -0.368 e. The third-order valence-corrected chi connectivity index (χ3v) is 4.45. The van der Waals surface area contributed by atoms with Crippen LogP contribution in [-0.4, -0.2) is 34.3 Å². The van der Waals surface area contributed by atoms with Crippen LogP contribution in [0.15, 0.2) is 42.5 Å². The predicted octanol–water partition coefficient (Wildman–Crippen LogP) is 2.09. The van der Waals surface area contributed by atoms with Gasteiger partial charge >= 0.3 is 0 Å². The Balaban J connectivity index is 1.77. The van der Waals surface area contributed by atoms with Crippen molar-refractivity contribution in [2.75, 3.05) is 11.9 Å². The van der Waals surface area contributed by atoms with E-state index >= 15 is 0 Å². The summed E-state index contributed by atoms with van der Waals surface area (Å²) in [5, 5.41) is 2.93. The first-order valence-corrected chi connectivity index (χ1v) is 8.41. The molecule has 6 nitrogen and oxygen atoms in total. The topological polar surface area (TPSA) is 88.3 Å². The number of amides is 2. The quantitative estimate of drug-likeness (QED) is 0.874. The van der Waals surface area contributed by atoms with Crippen molar-refractivity contribution >= 4 is 17.5 Å². The molecule has 130 valence electrons. The van der Waals surface area contributed by atoms with Gasteiger partial charge in [-0.3, -0.25) is 14.5 Å². The molecule has 1 aliphatic heterocycles. The zero-order valence-electron chi connectivity index (χ0n) is 14.2. The molecule has 1 saturated heterocycles. The Labute approximate surface area is 147 Å². The number of anilines is 1. The van der Waals surface area contributed by atoms with Crippen molar-refractivity contribution in [1.82, 2.24) is 9.88 Å². The average Bonchev–Trinajstić information content (AvgIpc) is 3.05. The van der Waals surface area contributed by atoms with Gasteiger partial charge in [0.2, 0.25) is 5.91 Å². The van der Waals surface area contributed by atoms with Crippen LogP contribution in [0.4, 0.5) is 5.69 Å². The summed E-state index contributed by atoms with van der Waals surface area (Å²) in [6, 6.07) is 12.7. The first kappa shape index (κ1) is 17.1. The summed E-state index contributed by atoms with van der Waals surface area (Å²) in [5.74, 6) is -0.535. The highest BCUT2D eigenvalue weighted by atomic mass is 16.2. The summed E-state index contributed by atoms with van der Waals surface area (Å²) in [5.41, 5.74) is 8.35. The molecule has 1 aliphatic rings. The number of para-hydroxylation sites is 1. The van der Waals surface area contributed by atoms with Crippen LogP contribution in [-0.2, 0) is 11.3 Å². The fraction of sp³-hybridized carbons (Fsp3) is 0.316. The lowest BCUT2D eigenvalue weighted by molar-refractivity contribution is -0.122. The van der Waals surface area contributed by atoms with Crippen molar-refractivity contribution in [3.63, 3.8) is 0 Å². The zero-order valence-corrected chi connectivity index (χ0v) is 14.2. The molecule has 1 aromatic heterocycles. The number of primary amides is 1. The number of carbonyl (C=O) groups excluding carboxylic acids is 2. The number of pyridine rings is 1. The van der Waals surface area contributed by atoms with E-state index < -0.39 is 0 Å². The second-order valence-electron chi connectivity index (χ2n) is 6.31. The highest BCUT2D eigenvalue weighted by Gasteiger charge is 2.29. The number of carbonyl (C=O) groups is 2. The van der Waals surface area contributed by atoms with Crippen LogP contribution in [0, 0.1) is 6.92 Å². The molecule has 2 heterocycles. The standard InChI is InChI=1S/C19H22N4O2/c1-13-6-4-9-16(21-13)19(25)22-15-8-3-2-7-14(15)12-23-11-5-10-17(23)18(20)24/h2-4,6-9,17H,5,10-12H2,1H3,(H2,20,24)(H,22,25)/t17-/m1/s1. The lowest BCUT2D eigenvalue weighted by atomic mass is 10.1. The highest BCUT2D eigenvalue weighted by Crippen LogP contribution is 2.24. The van der Waals surface area contributed by atoms with Gasteiger partial charge in [0.15, 0.2) is 0 Å². The first-order valence-electron chi connectivity index (χ1n) is 8.41. The number of hydrogen-bond acceptors (Lipinski definition) is 4. The molecule has 0 radical (unpaired) electrons. The van der Waals surface area contributed by atoms with E-state index in [-0.39, 0.29) is 17.9 Å². The van der Waals surface area contributed by atoms with E-state index in [1.54, 1.807) is 6.07 Å².